The van der Waals surface area contributed by atoms with Crippen molar-refractivity contribution in [2.45, 2.75) is 116 Å². The summed E-state index contributed by atoms with van der Waals surface area (Å²) in [5, 5.41) is 40.7. The van der Waals surface area contributed by atoms with E-state index >= 15 is 0 Å². The average Bonchev–Trinajstić information content (AvgIpc) is 3.24. The van der Waals surface area contributed by atoms with Crippen molar-refractivity contribution >= 4 is 5.97 Å². The van der Waals surface area contributed by atoms with Gasteiger partial charge in [0.1, 0.15) is 17.8 Å². The molecule has 0 heterocycles. The monoisotopic (exact) mass is 528 g/mol. The highest BCUT2D eigenvalue weighted by Gasteiger charge is 2.50. The van der Waals surface area contributed by atoms with Gasteiger partial charge in [-0.25, -0.2) is 0 Å². The maximum atomic E-state index is 10.8. The van der Waals surface area contributed by atoms with E-state index in [1.807, 2.05) is 19.9 Å². The SMILES string of the molecule is C=C1C(=CC=C2CCC[C@]3(C)[C@@H]([C@H](C)CC#CC(O)(CC)CC)CC[C@@H]23)C[C@@H](O)[C@H](OCCC(=O)O)[C@@H]1O. The number of aliphatic hydroxyl groups excluding tert-OH is 2. The van der Waals surface area contributed by atoms with E-state index in [1.165, 1.54) is 18.4 Å². The van der Waals surface area contributed by atoms with E-state index in [-0.39, 0.29) is 18.4 Å². The first kappa shape index (κ1) is 30.6. The number of rotatable bonds is 9. The molecule has 0 saturated heterocycles. The fourth-order valence-corrected chi connectivity index (χ4v) is 7.10. The van der Waals surface area contributed by atoms with Gasteiger partial charge >= 0.3 is 5.97 Å². The fourth-order valence-electron chi connectivity index (χ4n) is 7.10. The lowest BCUT2D eigenvalue weighted by molar-refractivity contribution is -0.141. The number of aliphatic carboxylic acids is 1. The zero-order valence-corrected chi connectivity index (χ0v) is 23.7. The van der Waals surface area contributed by atoms with Gasteiger partial charge in [0.25, 0.3) is 0 Å². The number of hydrogen-bond donors (Lipinski definition) is 4. The summed E-state index contributed by atoms with van der Waals surface area (Å²) in [6.45, 7) is 12.7. The number of fused-ring (bicyclic) bond motifs is 1. The Labute approximate surface area is 228 Å². The molecule has 0 aromatic rings. The van der Waals surface area contributed by atoms with Crippen molar-refractivity contribution in [3.05, 3.63) is 35.5 Å². The van der Waals surface area contributed by atoms with E-state index in [1.54, 1.807) is 0 Å². The molecule has 0 aromatic carbocycles. The predicted octanol–water partition coefficient (Wildman–Crippen LogP) is 5.18. The number of ether oxygens (including phenoxy) is 1. The molecule has 4 N–H and O–H groups in total. The zero-order chi connectivity index (χ0) is 28.1. The molecule has 0 amide bonds. The van der Waals surface area contributed by atoms with Crippen molar-refractivity contribution in [1.29, 1.82) is 0 Å². The molecule has 38 heavy (non-hydrogen) atoms. The minimum Gasteiger partial charge on any atom is -0.481 e. The van der Waals surface area contributed by atoms with Crippen LogP contribution in [-0.2, 0) is 9.53 Å². The molecule has 6 heteroatoms. The van der Waals surface area contributed by atoms with Gasteiger partial charge in [-0.1, -0.05) is 63.8 Å². The average molecular weight is 529 g/mol. The van der Waals surface area contributed by atoms with E-state index in [0.717, 1.165) is 31.3 Å². The molecular weight excluding hydrogens is 480 g/mol. The molecule has 0 aliphatic heterocycles. The first-order valence-electron chi connectivity index (χ1n) is 14.5. The summed E-state index contributed by atoms with van der Waals surface area (Å²) in [6.07, 6.45) is 9.38. The van der Waals surface area contributed by atoms with E-state index < -0.39 is 29.9 Å². The van der Waals surface area contributed by atoms with Crippen LogP contribution in [0.25, 0.3) is 0 Å². The summed E-state index contributed by atoms with van der Waals surface area (Å²) in [7, 11) is 0. The van der Waals surface area contributed by atoms with Crippen LogP contribution in [0.5, 0.6) is 0 Å². The van der Waals surface area contributed by atoms with Crippen LogP contribution >= 0.6 is 0 Å². The van der Waals surface area contributed by atoms with Crippen LogP contribution in [0.15, 0.2) is 35.5 Å². The fraction of sp³-hybridized carbons (Fsp3) is 0.719. The third-order valence-corrected chi connectivity index (χ3v) is 9.65. The Hall–Kier alpha value is -1.91. The van der Waals surface area contributed by atoms with Crippen molar-refractivity contribution in [2.24, 2.45) is 23.2 Å². The maximum Gasteiger partial charge on any atom is 0.305 e. The molecule has 6 nitrogen and oxygen atoms in total. The van der Waals surface area contributed by atoms with Crippen LogP contribution in [0.1, 0.15) is 91.9 Å². The first-order chi connectivity index (χ1) is 18.0. The number of carboxylic acid groups (broad SMARTS) is 1. The van der Waals surface area contributed by atoms with Crippen molar-refractivity contribution in [3.8, 4) is 11.8 Å². The lowest BCUT2D eigenvalue weighted by Crippen LogP contribution is -2.45. The van der Waals surface area contributed by atoms with Crippen molar-refractivity contribution < 1.29 is 30.0 Å². The van der Waals surface area contributed by atoms with E-state index in [2.05, 4.69) is 38.3 Å². The van der Waals surface area contributed by atoms with Gasteiger partial charge in [0.05, 0.1) is 19.1 Å². The van der Waals surface area contributed by atoms with Gasteiger partial charge in [0.2, 0.25) is 0 Å². The van der Waals surface area contributed by atoms with Crippen LogP contribution in [0.2, 0.25) is 0 Å². The van der Waals surface area contributed by atoms with Gasteiger partial charge in [-0.3, -0.25) is 4.79 Å². The molecule has 0 aromatic heterocycles. The Balaban J connectivity index is 1.69. The summed E-state index contributed by atoms with van der Waals surface area (Å²) >= 11 is 0. The van der Waals surface area contributed by atoms with Gasteiger partial charge in [0, 0.05) is 12.8 Å². The molecule has 0 bridgehead atoms. The Morgan fingerprint density at radius 1 is 1.26 bits per heavy atom. The molecule has 7 atom stereocenters. The Morgan fingerprint density at radius 3 is 2.63 bits per heavy atom. The summed E-state index contributed by atoms with van der Waals surface area (Å²) in [5.74, 6) is 7.03. The van der Waals surface area contributed by atoms with E-state index in [0.29, 0.717) is 42.6 Å². The minimum absolute atomic E-state index is 0.0615. The van der Waals surface area contributed by atoms with Crippen LogP contribution < -0.4 is 0 Å². The first-order valence-corrected chi connectivity index (χ1v) is 14.5. The van der Waals surface area contributed by atoms with E-state index in [9.17, 15) is 20.1 Å². The molecule has 3 aliphatic carbocycles. The summed E-state index contributed by atoms with van der Waals surface area (Å²) in [5.41, 5.74) is 2.14. The second-order valence-electron chi connectivity index (χ2n) is 12.0. The van der Waals surface area contributed by atoms with Crippen LogP contribution in [-0.4, -0.2) is 56.9 Å². The molecule has 3 fully saturated rings. The highest BCUT2D eigenvalue weighted by molar-refractivity contribution is 5.66. The Kier molecular flexibility index (Phi) is 10.4. The summed E-state index contributed by atoms with van der Waals surface area (Å²) in [4.78, 5) is 10.8. The van der Waals surface area contributed by atoms with Gasteiger partial charge in [0.15, 0.2) is 0 Å². The maximum absolute atomic E-state index is 10.8. The molecule has 212 valence electrons. The second-order valence-corrected chi connectivity index (χ2v) is 12.0. The van der Waals surface area contributed by atoms with Crippen molar-refractivity contribution in [1.82, 2.24) is 0 Å². The normalized spacial score (nSPS) is 34.6. The largest absolute Gasteiger partial charge is 0.481 e. The molecule has 3 saturated carbocycles. The highest BCUT2D eigenvalue weighted by Crippen LogP contribution is 2.59. The number of carbonyl (C=O) groups is 1. The molecule has 0 radical (unpaired) electrons. The Bertz CT molecular complexity index is 980. The molecule has 3 rings (SSSR count). The molecule has 0 unspecified atom stereocenters. The second kappa shape index (κ2) is 13.0. The quantitative estimate of drug-likeness (QED) is 0.307. The van der Waals surface area contributed by atoms with Crippen molar-refractivity contribution in [2.75, 3.05) is 6.61 Å². The predicted molar refractivity (Wildman–Crippen MR) is 149 cm³/mol. The topological polar surface area (TPSA) is 107 Å². The third-order valence-electron chi connectivity index (χ3n) is 9.65. The molecule has 0 spiro atoms. The number of hydrogen-bond acceptors (Lipinski definition) is 5. The molecular formula is C32H48O6. The Morgan fingerprint density at radius 2 is 1.97 bits per heavy atom. The van der Waals surface area contributed by atoms with Crippen LogP contribution in [0.4, 0.5) is 0 Å². The van der Waals surface area contributed by atoms with E-state index in [4.69, 9.17) is 9.84 Å². The smallest absolute Gasteiger partial charge is 0.305 e. The standard InChI is InChI=1S/C32H48O6/c1-6-32(37,7-2)18-8-10-21(3)25-14-15-26-23(11-9-17-31(25,26)5)12-13-24-20-27(33)30(29(36)22(24)4)38-19-16-28(34)35/h12-13,21,25-27,29-30,33,36-37H,4,6-7,9-11,14-17,19-20H2,1-3,5H3,(H,34,35)/t21-,25-,26+,27-,29-,30+,31-/m1/s1. The summed E-state index contributed by atoms with van der Waals surface area (Å²) in [6, 6.07) is 0. The van der Waals surface area contributed by atoms with Gasteiger partial charge < -0.3 is 25.2 Å². The minimum atomic E-state index is -1.07. The lowest BCUT2D eigenvalue weighted by atomic mass is 9.61. The van der Waals surface area contributed by atoms with Gasteiger partial charge in [-0.05, 0) is 79.3 Å². The number of aliphatic hydroxyl groups is 3. The molecule has 3 aliphatic rings. The zero-order valence-electron chi connectivity index (χ0n) is 23.7. The van der Waals surface area contributed by atoms with Crippen molar-refractivity contribution in [3.63, 3.8) is 0 Å². The third kappa shape index (κ3) is 6.80. The number of allylic oxidation sites excluding steroid dienone is 3. The van der Waals surface area contributed by atoms with Crippen LogP contribution in [0, 0.1) is 35.0 Å². The lowest BCUT2D eigenvalue weighted by Gasteiger charge is -2.44. The van der Waals surface area contributed by atoms with Gasteiger partial charge in [-0.2, -0.15) is 0 Å². The highest BCUT2D eigenvalue weighted by atomic mass is 16.5. The van der Waals surface area contributed by atoms with Gasteiger partial charge in [-0.15, -0.1) is 0 Å². The number of carboxylic acids is 1. The van der Waals surface area contributed by atoms with Crippen LogP contribution in [0.3, 0.4) is 0 Å². The summed E-state index contributed by atoms with van der Waals surface area (Å²) < 4.78 is 5.49.